The molecule has 0 aliphatic carbocycles. The zero-order chi connectivity index (χ0) is 30.7. The summed E-state index contributed by atoms with van der Waals surface area (Å²) in [6.45, 7) is 0. The molecule has 0 aromatic heterocycles. The summed E-state index contributed by atoms with van der Waals surface area (Å²) in [6.07, 6.45) is 3.39. The molecular weight excluding hydrogens is 637 g/mol. The Kier molecular flexibility index (Phi) is 13.2. The van der Waals surface area contributed by atoms with Crippen molar-refractivity contribution in [1.29, 1.82) is 0 Å². The molecule has 3 unspecified atom stereocenters. The van der Waals surface area contributed by atoms with E-state index in [0.717, 1.165) is 16.9 Å². The van der Waals surface area contributed by atoms with Crippen molar-refractivity contribution < 1.29 is 32.5 Å². The smallest absolute Gasteiger partial charge is 0.362 e. The quantitative estimate of drug-likeness (QED) is 0.119. The third kappa shape index (κ3) is 9.73. The van der Waals surface area contributed by atoms with Crippen LogP contribution in [-0.4, -0.2) is 62.5 Å². The maximum Gasteiger partial charge on any atom is 0.362 e. The van der Waals surface area contributed by atoms with Gasteiger partial charge in [-0.3, -0.25) is 4.57 Å². The molecule has 0 aliphatic rings. The molecule has 0 aliphatic heterocycles. The normalized spacial score (nSPS) is 14.0. The molecule has 0 saturated heterocycles. The third-order valence-electron chi connectivity index (χ3n) is 5.68. The van der Waals surface area contributed by atoms with E-state index in [9.17, 15) is 9.67 Å². The van der Waals surface area contributed by atoms with Crippen molar-refractivity contribution in [2.45, 2.75) is 5.85 Å². The maximum atomic E-state index is 12.4. The van der Waals surface area contributed by atoms with Crippen LogP contribution in [0.25, 0.3) is 0 Å². The second-order valence-corrected chi connectivity index (χ2v) is 15.6. The molecule has 0 heterocycles. The molecule has 3 rings (SSSR count). The lowest BCUT2D eigenvalue weighted by molar-refractivity contribution is 0.176. The fourth-order valence-corrected chi connectivity index (χ4v) is 6.40. The molecule has 11 nitrogen and oxygen atoms in total. The Balaban J connectivity index is 1.50. The van der Waals surface area contributed by atoms with Crippen LogP contribution in [0.1, 0.15) is 22.5 Å². The van der Waals surface area contributed by atoms with Crippen LogP contribution in [-0.2, 0) is 37.2 Å². The molecule has 0 bridgehead atoms. The van der Waals surface area contributed by atoms with Gasteiger partial charge in [0.1, 0.15) is 17.2 Å². The van der Waals surface area contributed by atoms with Crippen LogP contribution in [0.5, 0.6) is 17.2 Å². The third-order valence-corrected chi connectivity index (χ3v) is 11.8. The molecule has 3 aromatic carbocycles. The number of aliphatic hydroxyl groups is 1. The summed E-state index contributed by atoms with van der Waals surface area (Å²) in [4.78, 5) is 0. The molecule has 0 radical (unpaired) electrons. The van der Waals surface area contributed by atoms with E-state index in [2.05, 4.69) is 10.2 Å². The highest BCUT2D eigenvalue weighted by Gasteiger charge is 2.33. The van der Waals surface area contributed by atoms with Gasteiger partial charge in [0.15, 0.2) is 5.85 Å². The molecule has 3 atom stereocenters. The summed E-state index contributed by atoms with van der Waals surface area (Å²) in [5.74, 6) is 0.481. The zero-order valence-electron chi connectivity index (χ0n) is 23.6. The van der Waals surface area contributed by atoms with Crippen molar-refractivity contribution in [3.8, 4) is 17.2 Å². The van der Waals surface area contributed by atoms with Crippen LogP contribution in [0, 0.1) is 0 Å². The molecule has 1 N–H and O–H groups in total. The Morgan fingerprint density at radius 2 is 1.12 bits per heavy atom. The van der Waals surface area contributed by atoms with E-state index < -0.39 is 27.6 Å². The van der Waals surface area contributed by atoms with Crippen LogP contribution < -0.4 is 13.8 Å². The van der Waals surface area contributed by atoms with Crippen LogP contribution in [0.15, 0.2) is 83.0 Å². The van der Waals surface area contributed by atoms with Crippen molar-refractivity contribution in [3.05, 3.63) is 89.5 Å². The van der Waals surface area contributed by atoms with Crippen LogP contribution >= 0.6 is 21.7 Å². The van der Waals surface area contributed by atoms with Crippen molar-refractivity contribution in [2.24, 2.45) is 10.2 Å². The average molecular weight is 671 g/mol. The fraction of sp³-hybridized carbons (Fsp3) is 0.231. The topological polar surface area (TPSA) is 115 Å². The van der Waals surface area contributed by atoms with E-state index in [4.69, 9.17) is 46.4 Å². The van der Waals surface area contributed by atoms with Crippen LogP contribution in [0.3, 0.4) is 0 Å². The Bertz CT molecular complexity index is 1450. The van der Waals surface area contributed by atoms with Gasteiger partial charge in [-0.05, 0) is 101 Å². The largest absolute Gasteiger partial charge is 0.497 e. The minimum Gasteiger partial charge on any atom is -0.497 e. The van der Waals surface area contributed by atoms with E-state index >= 15 is 0 Å². The van der Waals surface area contributed by atoms with E-state index in [-0.39, 0.29) is 0 Å². The first-order valence-corrected chi connectivity index (χ1v) is 18.9. The van der Waals surface area contributed by atoms with Gasteiger partial charge in [0.25, 0.3) is 0 Å². The van der Waals surface area contributed by atoms with E-state index in [1.165, 1.54) is 14.2 Å². The first-order chi connectivity index (χ1) is 20.1. The van der Waals surface area contributed by atoms with E-state index in [1.54, 1.807) is 67.5 Å². The molecule has 0 saturated carbocycles. The number of rotatable bonds is 15. The Hall–Kier alpha value is -2.59. The summed E-state index contributed by atoms with van der Waals surface area (Å²) in [6, 6.07) is 21.3. The van der Waals surface area contributed by atoms with Gasteiger partial charge in [0.05, 0.1) is 19.5 Å². The lowest BCUT2D eigenvalue weighted by atomic mass is 10.2. The summed E-state index contributed by atoms with van der Waals surface area (Å²) < 4.78 is 42.3. The summed E-state index contributed by atoms with van der Waals surface area (Å²) >= 11 is 11.0. The lowest BCUT2D eigenvalue weighted by Crippen LogP contribution is -2.04. The fourth-order valence-electron chi connectivity index (χ4n) is 3.21. The van der Waals surface area contributed by atoms with Gasteiger partial charge in [-0.15, -0.1) is 0 Å². The number of aliphatic hydroxyl groups excluding tert-OH is 1. The second-order valence-electron chi connectivity index (χ2n) is 8.46. The van der Waals surface area contributed by atoms with E-state index in [0.29, 0.717) is 17.1 Å². The van der Waals surface area contributed by atoms with Gasteiger partial charge in [0, 0.05) is 28.3 Å². The highest BCUT2D eigenvalue weighted by molar-refractivity contribution is 8.02. The minimum atomic E-state index is -3.67. The first kappa shape index (κ1) is 33.9. The number of hydrogen-bond acceptors (Lipinski definition) is 11. The van der Waals surface area contributed by atoms with Gasteiger partial charge in [-0.25, -0.2) is 9.56 Å². The van der Waals surface area contributed by atoms with Gasteiger partial charge < -0.3 is 27.9 Å². The van der Waals surface area contributed by atoms with E-state index in [1.807, 2.05) is 48.5 Å². The van der Waals surface area contributed by atoms with Crippen molar-refractivity contribution in [3.63, 3.8) is 0 Å². The van der Waals surface area contributed by atoms with Crippen molar-refractivity contribution in [1.82, 2.24) is 9.56 Å². The van der Waals surface area contributed by atoms with Crippen LogP contribution in [0.4, 0.5) is 0 Å². The number of hydrogen-bond donors (Lipinski definition) is 1. The molecular formula is C26H33N4O7P3S2. The summed E-state index contributed by atoms with van der Waals surface area (Å²) in [5.41, 5.74) is 2.12. The molecule has 0 spiro atoms. The zero-order valence-corrected chi connectivity index (χ0v) is 28.1. The Labute approximate surface area is 257 Å². The van der Waals surface area contributed by atoms with Gasteiger partial charge in [-0.2, -0.15) is 10.2 Å². The number of benzene rings is 3. The summed E-state index contributed by atoms with van der Waals surface area (Å²) in [5, 5.41) is 19.1. The molecule has 3 aromatic rings. The number of nitrogens with zero attached hydrogens (tertiary/aromatic N) is 4. The SMILES string of the molecule is COc1ccc(/C=N/N(C)[PH](=S)Oc2ccc(/C=N/N(C)[PH](=S)Oc3ccc(C(O)P(=O)(OC)OC)cc3)cc2)cc1. The predicted octanol–water partition coefficient (Wildman–Crippen LogP) is 5.87. The molecule has 226 valence electrons. The number of hydrazone groups is 2. The first-order valence-electron chi connectivity index (χ1n) is 12.3. The average Bonchev–Trinajstić information content (AvgIpc) is 3.02. The highest BCUT2D eigenvalue weighted by Crippen LogP contribution is 2.58. The van der Waals surface area contributed by atoms with Crippen LogP contribution in [0.2, 0.25) is 0 Å². The lowest BCUT2D eigenvalue weighted by Gasteiger charge is -2.20. The molecule has 16 heteroatoms. The highest BCUT2D eigenvalue weighted by atomic mass is 32.4. The Morgan fingerprint density at radius 1 is 0.738 bits per heavy atom. The molecule has 42 heavy (non-hydrogen) atoms. The number of methoxy groups -OCH3 is 1. The Morgan fingerprint density at radius 3 is 1.50 bits per heavy atom. The van der Waals surface area contributed by atoms with Gasteiger partial charge >= 0.3 is 7.60 Å². The second kappa shape index (κ2) is 16.3. The maximum absolute atomic E-state index is 12.4. The van der Waals surface area contributed by atoms with Crippen molar-refractivity contribution in [2.75, 3.05) is 35.4 Å². The monoisotopic (exact) mass is 670 g/mol. The van der Waals surface area contributed by atoms with Crippen molar-refractivity contribution >= 4 is 57.8 Å². The predicted molar refractivity (Wildman–Crippen MR) is 176 cm³/mol. The summed E-state index contributed by atoms with van der Waals surface area (Å²) in [7, 11) is 0.161. The van der Waals surface area contributed by atoms with Gasteiger partial charge in [-0.1, -0.05) is 12.1 Å². The molecule has 0 amide bonds. The number of ether oxygens (including phenoxy) is 1. The van der Waals surface area contributed by atoms with Gasteiger partial charge in [0.2, 0.25) is 14.1 Å². The minimum absolute atomic E-state index is 0.364. The standard InChI is InChI=1S/C26H33N4O7P3S2/c1-29(27-18-20-6-12-23(33-3)13-7-20)38(41)36-24-14-8-21(9-15-24)19-28-30(2)39(42)37-25-16-10-22(11-17-25)26(31)40(32,34-4)35-5/h6-19,26,31,38-39H,1-5H3/b27-18+,28-19+. The molecule has 0 fully saturated rings.